The molecule has 0 amide bonds. The topological polar surface area (TPSA) is 99.0 Å². The van der Waals surface area contributed by atoms with Crippen molar-refractivity contribution in [2.24, 2.45) is 0 Å². The number of rotatable bonds is 8. The molecule has 112 valence electrons. The van der Waals surface area contributed by atoms with Gasteiger partial charge in [0.2, 0.25) is 0 Å². The van der Waals surface area contributed by atoms with Crippen molar-refractivity contribution in [3.8, 4) is 11.5 Å². The van der Waals surface area contributed by atoms with Gasteiger partial charge in [-0.05, 0) is 17.7 Å². The van der Waals surface area contributed by atoms with E-state index in [1.165, 1.54) is 12.1 Å². The Balaban J connectivity index is 2.50. The number of aromatic hydroxyl groups is 1. The van der Waals surface area contributed by atoms with Gasteiger partial charge in [0.25, 0.3) is 0 Å². The average Bonchev–Trinajstić information content (AvgIpc) is 2.34. The van der Waals surface area contributed by atoms with Crippen LogP contribution in [0.3, 0.4) is 0 Å². The summed E-state index contributed by atoms with van der Waals surface area (Å²) in [5, 5.41) is 31.1. The van der Waals surface area contributed by atoms with Crippen molar-refractivity contribution >= 4 is 5.97 Å². The van der Waals surface area contributed by atoms with E-state index in [0.29, 0.717) is 12.1 Å². The zero-order valence-corrected chi connectivity index (χ0v) is 11.7. The highest BCUT2D eigenvalue weighted by Gasteiger charge is 2.10. The molecule has 1 rings (SSSR count). The third kappa shape index (κ3) is 5.90. The molecule has 20 heavy (non-hydrogen) atoms. The van der Waals surface area contributed by atoms with Gasteiger partial charge in [0.1, 0.15) is 12.7 Å². The smallest absolute Gasteiger partial charge is 0.307 e. The largest absolute Gasteiger partial charge is 0.504 e. The fourth-order valence-corrected chi connectivity index (χ4v) is 1.59. The normalized spacial score (nSPS) is 12.4. The van der Waals surface area contributed by atoms with E-state index in [2.05, 4.69) is 5.32 Å². The fourth-order valence-electron chi connectivity index (χ4n) is 1.59. The number of ether oxygens (including phenoxy) is 1. The van der Waals surface area contributed by atoms with Crippen LogP contribution in [-0.2, 0) is 11.2 Å². The Bertz CT molecular complexity index is 447. The van der Waals surface area contributed by atoms with Crippen molar-refractivity contribution in [2.45, 2.75) is 32.4 Å². The molecule has 0 aromatic heterocycles. The van der Waals surface area contributed by atoms with E-state index in [4.69, 9.17) is 9.84 Å². The van der Waals surface area contributed by atoms with Crippen LogP contribution in [0.1, 0.15) is 19.4 Å². The molecule has 0 fully saturated rings. The zero-order chi connectivity index (χ0) is 15.1. The van der Waals surface area contributed by atoms with Crippen molar-refractivity contribution in [1.29, 1.82) is 0 Å². The number of phenolic OH excluding ortho intramolecular Hbond substituents is 1. The van der Waals surface area contributed by atoms with E-state index in [1.807, 2.05) is 13.8 Å². The third-order valence-corrected chi connectivity index (χ3v) is 2.57. The first kappa shape index (κ1) is 16.3. The summed E-state index contributed by atoms with van der Waals surface area (Å²) in [6.07, 6.45) is -0.843. The summed E-state index contributed by atoms with van der Waals surface area (Å²) in [4.78, 5) is 10.6. The third-order valence-electron chi connectivity index (χ3n) is 2.57. The minimum Gasteiger partial charge on any atom is -0.504 e. The summed E-state index contributed by atoms with van der Waals surface area (Å²) >= 11 is 0. The lowest BCUT2D eigenvalue weighted by molar-refractivity contribution is -0.136. The maximum Gasteiger partial charge on any atom is 0.307 e. The van der Waals surface area contributed by atoms with Gasteiger partial charge >= 0.3 is 5.97 Å². The summed E-state index contributed by atoms with van der Waals surface area (Å²) in [6, 6.07) is 4.69. The van der Waals surface area contributed by atoms with Crippen molar-refractivity contribution in [3.63, 3.8) is 0 Å². The van der Waals surface area contributed by atoms with E-state index in [-0.39, 0.29) is 30.6 Å². The first-order valence-electron chi connectivity index (χ1n) is 6.46. The van der Waals surface area contributed by atoms with Gasteiger partial charge < -0.3 is 25.4 Å². The van der Waals surface area contributed by atoms with Crippen LogP contribution in [0.5, 0.6) is 11.5 Å². The molecule has 0 spiro atoms. The first-order valence-corrected chi connectivity index (χ1v) is 6.46. The molecular weight excluding hydrogens is 262 g/mol. The van der Waals surface area contributed by atoms with Crippen LogP contribution in [0.2, 0.25) is 0 Å². The molecule has 1 unspecified atom stereocenters. The number of benzene rings is 1. The molecule has 6 heteroatoms. The number of aliphatic hydroxyl groups excluding tert-OH is 1. The fraction of sp³-hybridized carbons (Fsp3) is 0.500. The predicted molar refractivity (Wildman–Crippen MR) is 74.1 cm³/mol. The standard InChI is InChI=1S/C14H21NO5/c1-9(2)15-7-11(16)8-20-13-4-3-10(5-12(13)17)6-14(18)19/h3-5,9,11,15-17H,6-8H2,1-2H3,(H,18,19). The lowest BCUT2D eigenvalue weighted by Crippen LogP contribution is -2.35. The number of aliphatic carboxylic acids is 1. The zero-order valence-electron chi connectivity index (χ0n) is 11.7. The Morgan fingerprint density at radius 1 is 1.40 bits per heavy atom. The molecular formula is C14H21NO5. The number of carboxylic acids is 1. The van der Waals surface area contributed by atoms with Gasteiger partial charge in [0, 0.05) is 12.6 Å². The maximum absolute atomic E-state index is 10.6. The van der Waals surface area contributed by atoms with Crippen molar-refractivity contribution < 1.29 is 24.9 Å². The molecule has 0 saturated carbocycles. The minimum absolute atomic E-state index is 0.0472. The number of hydrogen-bond donors (Lipinski definition) is 4. The van der Waals surface area contributed by atoms with Gasteiger partial charge in [0.05, 0.1) is 6.42 Å². The lowest BCUT2D eigenvalue weighted by Gasteiger charge is -2.15. The van der Waals surface area contributed by atoms with Crippen LogP contribution >= 0.6 is 0 Å². The second-order valence-corrected chi connectivity index (χ2v) is 4.90. The van der Waals surface area contributed by atoms with Crippen LogP contribution in [0.4, 0.5) is 0 Å². The Labute approximate surface area is 118 Å². The number of nitrogens with one attached hydrogen (secondary N) is 1. The first-order chi connectivity index (χ1) is 9.38. The molecule has 1 atom stereocenters. The molecule has 0 aliphatic heterocycles. The molecule has 0 aliphatic rings. The number of hydrogen-bond acceptors (Lipinski definition) is 5. The minimum atomic E-state index is -0.965. The molecule has 1 aromatic carbocycles. The van der Waals surface area contributed by atoms with E-state index in [0.717, 1.165) is 0 Å². The van der Waals surface area contributed by atoms with E-state index >= 15 is 0 Å². The highest BCUT2D eigenvalue weighted by Crippen LogP contribution is 2.27. The van der Waals surface area contributed by atoms with Gasteiger partial charge in [0.15, 0.2) is 11.5 Å². The van der Waals surface area contributed by atoms with Crippen LogP contribution in [0.25, 0.3) is 0 Å². The maximum atomic E-state index is 10.6. The molecule has 0 heterocycles. The van der Waals surface area contributed by atoms with E-state index < -0.39 is 12.1 Å². The number of aliphatic hydroxyl groups is 1. The van der Waals surface area contributed by atoms with Gasteiger partial charge in [-0.25, -0.2) is 0 Å². The van der Waals surface area contributed by atoms with E-state index in [1.54, 1.807) is 6.07 Å². The van der Waals surface area contributed by atoms with Crippen LogP contribution in [0, 0.1) is 0 Å². The van der Waals surface area contributed by atoms with Gasteiger partial charge in [-0.15, -0.1) is 0 Å². The molecule has 6 nitrogen and oxygen atoms in total. The Kier molecular flexibility index (Phi) is 6.27. The van der Waals surface area contributed by atoms with Crippen molar-refractivity contribution in [1.82, 2.24) is 5.32 Å². The summed E-state index contributed by atoms with van der Waals surface area (Å²) in [7, 11) is 0. The number of carboxylic acid groups (broad SMARTS) is 1. The highest BCUT2D eigenvalue weighted by atomic mass is 16.5. The lowest BCUT2D eigenvalue weighted by atomic mass is 10.1. The molecule has 0 saturated heterocycles. The predicted octanol–water partition coefficient (Wildman–Crippen LogP) is 0.757. The molecule has 0 aliphatic carbocycles. The molecule has 0 radical (unpaired) electrons. The van der Waals surface area contributed by atoms with E-state index in [9.17, 15) is 15.0 Å². The molecule has 1 aromatic rings. The van der Waals surface area contributed by atoms with Crippen LogP contribution in [-0.4, -0.2) is 46.6 Å². The second kappa shape index (κ2) is 7.72. The van der Waals surface area contributed by atoms with Crippen LogP contribution in [0.15, 0.2) is 18.2 Å². The van der Waals surface area contributed by atoms with Crippen molar-refractivity contribution in [3.05, 3.63) is 23.8 Å². The molecule has 0 bridgehead atoms. The second-order valence-electron chi connectivity index (χ2n) is 4.90. The SMILES string of the molecule is CC(C)NCC(O)COc1ccc(CC(=O)O)cc1O. The van der Waals surface area contributed by atoms with Crippen LogP contribution < -0.4 is 10.1 Å². The number of carbonyl (C=O) groups is 1. The van der Waals surface area contributed by atoms with Gasteiger partial charge in [-0.2, -0.15) is 0 Å². The Morgan fingerprint density at radius 3 is 2.65 bits per heavy atom. The Hall–Kier alpha value is -1.79. The summed E-state index contributed by atoms with van der Waals surface area (Å²) in [5.74, 6) is -0.872. The average molecular weight is 283 g/mol. The summed E-state index contributed by atoms with van der Waals surface area (Å²) < 4.78 is 5.30. The number of phenols is 1. The summed E-state index contributed by atoms with van der Waals surface area (Å²) in [6.45, 7) is 4.39. The highest BCUT2D eigenvalue weighted by molar-refractivity contribution is 5.70. The van der Waals surface area contributed by atoms with Gasteiger partial charge in [-0.1, -0.05) is 19.9 Å². The quantitative estimate of drug-likeness (QED) is 0.562. The monoisotopic (exact) mass is 283 g/mol. The summed E-state index contributed by atoms with van der Waals surface area (Å²) in [5.41, 5.74) is 0.490. The molecule has 4 N–H and O–H groups in total. The van der Waals surface area contributed by atoms with Gasteiger partial charge in [-0.3, -0.25) is 4.79 Å². The Morgan fingerprint density at radius 2 is 2.10 bits per heavy atom. The van der Waals surface area contributed by atoms with Crippen molar-refractivity contribution in [2.75, 3.05) is 13.2 Å².